The third-order valence-corrected chi connectivity index (χ3v) is 9.12. The number of aliphatic carboxylic acids is 9. The van der Waals surface area contributed by atoms with Crippen molar-refractivity contribution in [1.82, 2.24) is 53.2 Å². The maximum Gasteiger partial charge on any atom is 0.326 e. The first kappa shape index (κ1) is 66.9. The molecule has 0 aromatic rings. The van der Waals surface area contributed by atoms with Crippen molar-refractivity contribution in [2.45, 2.75) is 99.7 Å². The van der Waals surface area contributed by atoms with Crippen LogP contribution in [0, 0.1) is 0 Å². The van der Waals surface area contributed by atoms with E-state index in [0.717, 1.165) is 0 Å². The molecule has 0 aliphatic carbocycles. The Bertz CT molecular complexity index is 2360. The average molecular weight is 1110 g/mol. The maximum absolute atomic E-state index is 13.1. The van der Waals surface area contributed by atoms with Crippen LogP contribution in [0.2, 0.25) is 0 Å². The number of rotatable bonds is 37. The average Bonchev–Trinajstić information content (AvgIpc) is 3.28. The van der Waals surface area contributed by atoms with Gasteiger partial charge in [-0.2, -0.15) is 0 Å². The summed E-state index contributed by atoms with van der Waals surface area (Å²) in [6.07, 6.45) is -9.75. The van der Waals surface area contributed by atoms with Crippen LogP contribution in [-0.4, -0.2) is 227 Å². The lowest BCUT2D eigenvalue weighted by Gasteiger charge is -2.23. The number of carboxylic acids is 9. The lowest BCUT2D eigenvalue weighted by atomic mass is 10.1. The molecule has 0 saturated carbocycles. The summed E-state index contributed by atoms with van der Waals surface area (Å²) in [5.41, 5.74) is 5.38. The highest BCUT2D eigenvalue weighted by atomic mass is 16.4. The van der Waals surface area contributed by atoms with Gasteiger partial charge in [-0.05, 0) is 0 Å². The van der Waals surface area contributed by atoms with Gasteiger partial charge in [0.1, 0.15) is 42.3 Å². The largest absolute Gasteiger partial charge is 0.481 e. The highest BCUT2D eigenvalue weighted by Crippen LogP contribution is 2.04. The minimum Gasteiger partial charge on any atom is -0.481 e. The zero-order chi connectivity index (χ0) is 59.4. The van der Waals surface area contributed by atoms with Gasteiger partial charge in [0.05, 0.1) is 77.0 Å². The van der Waals surface area contributed by atoms with Crippen LogP contribution in [0.1, 0.15) is 51.4 Å². The summed E-state index contributed by atoms with van der Waals surface area (Å²) < 4.78 is 0. The zero-order valence-corrected chi connectivity index (χ0v) is 39.3. The Morgan fingerprint density at radius 3 is 0.675 bits per heavy atom. The van der Waals surface area contributed by atoms with Crippen LogP contribution in [0.4, 0.5) is 0 Å². The fourth-order valence-corrected chi connectivity index (χ4v) is 5.66. The number of carbonyl (C=O) groups excluding carboxylic acids is 10. The Kier molecular flexibility index (Phi) is 28.5. The van der Waals surface area contributed by atoms with Gasteiger partial charge in [-0.15, -0.1) is 0 Å². The summed E-state index contributed by atoms with van der Waals surface area (Å²) in [6, 6.07) is -16.8. The normalized spacial score (nSPS) is 13.6. The summed E-state index contributed by atoms with van der Waals surface area (Å²) in [4.78, 5) is 230. The molecule has 21 N–H and O–H groups in total. The lowest BCUT2D eigenvalue weighted by Crippen LogP contribution is -2.58. The highest BCUT2D eigenvalue weighted by Gasteiger charge is 2.35. The Balaban J connectivity index is 5.99. The van der Waals surface area contributed by atoms with E-state index in [0.29, 0.717) is 0 Å². The van der Waals surface area contributed by atoms with Crippen molar-refractivity contribution in [2.24, 2.45) is 5.73 Å². The molecule has 0 heterocycles. The standard InChI is InChI=1S/C38H51N11O28/c39-12(1-23(53)54)31(69)46-13(2-24(55)56)32(70)40-9-20(50)43-16(5-27(61)62)35(73)47-14(3-25(57)58)33(71)41-10-21(51)44-17(6-28(63)64)36(74)48-15(4-26(59)60)34(72)42-11-22(52)45-18(7-29(65)66)37(75)49-19(38(76)77)8-30(67)68/h12-19H,1-11,39H2,(H,40,70)(H,41,71)(H,42,72)(H,43,50)(H,44,51)(H,45,52)(H,46,69)(H,47,73)(H,48,74)(H,49,75)(H,53,54)(H,55,56)(H,57,58)(H,59,60)(H,61,62)(H,63,64)(H,65,66)(H,67,68)(H,76,77)/t12-,13-,14-,15-,16-,17-,18-,19-/m0/s1. The van der Waals surface area contributed by atoms with E-state index < -0.39 is 232 Å². The number of hydrogen-bond donors (Lipinski definition) is 20. The molecule has 0 aromatic heterocycles. The second-order valence-electron chi connectivity index (χ2n) is 15.5. The monoisotopic (exact) mass is 1110 g/mol. The number of hydrogen-bond acceptors (Lipinski definition) is 20. The van der Waals surface area contributed by atoms with Crippen LogP contribution in [-0.2, 0) is 91.1 Å². The Hall–Kier alpha value is -10.1. The molecule has 0 rings (SSSR count). The van der Waals surface area contributed by atoms with E-state index in [9.17, 15) is 112 Å². The molecule has 39 nitrogen and oxygen atoms in total. The van der Waals surface area contributed by atoms with E-state index in [4.69, 9.17) is 31.3 Å². The number of nitrogens with two attached hydrogens (primary N) is 1. The second kappa shape index (κ2) is 32.9. The third kappa shape index (κ3) is 28.7. The van der Waals surface area contributed by atoms with Crippen LogP contribution < -0.4 is 58.9 Å². The van der Waals surface area contributed by atoms with E-state index in [1.165, 1.54) is 0 Å². The van der Waals surface area contributed by atoms with Gasteiger partial charge in [-0.3, -0.25) is 86.3 Å². The first-order valence-electron chi connectivity index (χ1n) is 21.3. The summed E-state index contributed by atoms with van der Waals surface area (Å²) in [7, 11) is 0. The van der Waals surface area contributed by atoms with E-state index >= 15 is 0 Å². The van der Waals surface area contributed by atoms with Crippen molar-refractivity contribution in [3.05, 3.63) is 0 Å². The SMILES string of the molecule is N[C@@H](CC(=O)O)C(=O)N[C@@H](CC(=O)O)C(=O)NCC(=O)N[C@@H](CC(=O)O)C(=O)N[C@@H](CC(=O)O)C(=O)NCC(=O)N[C@@H](CC(=O)O)C(=O)N[C@@H](CC(=O)O)C(=O)NCC(=O)N[C@@H](CC(=O)O)C(=O)N[C@@H](CC(=O)O)C(=O)O. The van der Waals surface area contributed by atoms with E-state index in [2.05, 4.69) is 0 Å². The van der Waals surface area contributed by atoms with Crippen molar-refractivity contribution in [2.75, 3.05) is 19.6 Å². The van der Waals surface area contributed by atoms with Crippen molar-refractivity contribution in [3.63, 3.8) is 0 Å². The molecule has 0 spiro atoms. The molecule has 0 bridgehead atoms. The Morgan fingerprint density at radius 2 is 0.455 bits per heavy atom. The minimum absolute atomic E-state index is 0.941. The molecular weight excluding hydrogens is 1060 g/mol. The molecule has 10 amide bonds. The van der Waals surface area contributed by atoms with Gasteiger partial charge in [0.15, 0.2) is 0 Å². The van der Waals surface area contributed by atoms with Crippen LogP contribution >= 0.6 is 0 Å². The first-order valence-corrected chi connectivity index (χ1v) is 21.3. The first-order chi connectivity index (χ1) is 35.6. The highest BCUT2D eigenvalue weighted by molar-refractivity contribution is 6.00. The van der Waals surface area contributed by atoms with Crippen molar-refractivity contribution >= 4 is 113 Å². The van der Waals surface area contributed by atoms with Gasteiger partial charge in [0.2, 0.25) is 59.1 Å². The number of nitrogens with one attached hydrogen (secondary N) is 10. The molecule has 0 fully saturated rings. The second-order valence-corrected chi connectivity index (χ2v) is 15.5. The third-order valence-electron chi connectivity index (χ3n) is 9.12. The minimum atomic E-state index is -2.24. The van der Waals surface area contributed by atoms with E-state index in [1.807, 2.05) is 26.6 Å². The van der Waals surface area contributed by atoms with E-state index in [-0.39, 0.29) is 0 Å². The fourth-order valence-electron chi connectivity index (χ4n) is 5.66. The van der Waals surface area contributed by atoms with Crippen molar-refractivity contribution in [1.29, 1.82) is 0 Å². The predicted molar refractivity (Wildman–Crippen MR) is 236 cm³/mol. The fraction of sp³-hybridized carbons (Fsp3) is 0.500. The number of carbonyl (C=O) groups is 19. The van der Waals surface area contributed by atoms with Crippen LogP contribution in [0.5, 0.6) is 0 Å². The van der Waals surface area contributed by atoms with Crippen LogP contribution in [0.25, 0.3) is 0 Å². The molecule has 39 heteroatoms. The summed E-state index contributed by atoms with van der Waals surface area (Å²) in [6.45, 7) is -3.68. The molecule has 0 aliphatic heterocycles. The smallest absolute Gasteiger partial charge is 0.326 e. The van der Waals surface area contributed by atoms with Crippen molar-refractivity contribution < 1.29 is 137 Å². The molecule has 8 atom stereocenters. The molecule has 0 aromatic carbocycles. The van der Waals surface area contributed by atoms with Crippen LogP contribution in [0.15, 0.2) is 0 Å². The molecule has 426 valence electrons. The Morgan fingerprint density at radius 1 is 0.260 bits per heavy atom. The lowest BCUT2D eigenvalue weighted by molar-refractivity contribution is -0.148. The number of amides is 10. The molecule has 0 radical (unpaired) electrons. The van der Waals surface area contributed by atoms with Gasteiger partial charge in [0.25, 0.3) is 0 Å². The van der Waals surface area contributed by atoms with Gasteiger partial charge in [-0.1, -0.05) is 0 Å². The molecule has 0 aliphatic rings. The van der Waals surface area contributed by atoms with Gasteiger partial charge in [-0.25, -0.2) is 4.79 Å². The summed E-state index contributed by atoms with van der Waals surface area (Å²) in [5, 5.41) is 101. The molecule has 77 heavy (non-hydrogen) atoms. The summed E-state index contributed by atoms with van der Waals surface area (Å²) in [5.74, 6) is -30.5. The Labute approximate surface area is 427 Å². The van der Waals surface area contributed by atoms with Crippen molar-refractivity contribution in [3.8, 4) is 0 Å². The van der Waals surface area contributed by atoms with Gasteiger partial charge in [0, 0.05) is 0 Å². The quantitative estimate of drug-likeness (QED) is 0.0275. The van der Waals surface area contributed by atoms with Gasteiger partial charge < -0.3 is 105 Å². The molecule has 0 saturated heterocycles. The zero-order valence-electron chi connectivity index (χ0n) is 39.3. The predicted octanol–water partition coefficient (Wildman–Crippen LogP) is -11.1. The number of carboxylic acid groups (broad SMARTS) is 9. The van der Waals surface area contributed by atoms with Crippen LogP contribution in [0.3, 0.4) is 0 Å². The molecule has 0 unspecified atom stereocenters. The molecular formula is C38H51N11O28. The van der Waals surface area contributed by atoms with Gasteiger partial charge >= 0.3 is 53.7 Å². The summed E-state index contributed by atoms with van der Waals surface area (Å²) >= 11 is 0. The topological polar surface area (TPSA) is 653 Å². The maximum atomic E-state index is 13.1. The van der Waals surface area contributed by atoms with E-state index in [1.54, 1.807) is 26.6 Å².